The number of aromatic nitrogens is 2. The lowest BCUT2D eigenvalue weighted by Crippen LogP contribution is -2.33. The van der Waals surface area contributed by atoms with E-state index in [1.54, 1.807) is 0 Å². The molecule has 10 heteroatoms. The molecule has 0 spiro atoms. The number of hydrogen-bond acceptors (Lipinski definition) is 4. The molecule has 0 atom stereocenters. The summed E-state index contributed by atoms with van der Waals surface area (Å²) in [5.41, 5.74) is 2.12. The Morgan fingerprint density at radius 1 is 0.647 bits per heavy atom. The molecule has 2 N–H and O–H groups in total. The van der Waals surface area contributed by atoms with Crippen molar-refractivity contribution in [1.29, 1.82) is 0 Å². The van der Waals surface area contributed by atoms with E-state index in [9.17, 15) is 17.6 Å². The first-order valence-electron chi connectivity index (χ1n) is 9.93. The van der Waals surface area contributed by atoms with Gasteiger partial charge in [0.25, 0.3) is 0 Å². The number of pyridine rings is 2. The molecule has 0 aliphatic carbocycles. The molecule has 34 heavy (non-hydrogen) atoms. The summed E-state index contributed by atoms with van der Waals surface area (Å²) in [5, 5.41) is 16.9. The molecule has 0 aliphatic heterocycles. The van der Waals surface area contributed by atoms with Crippen LogP contribution >= 0.6 is 11.6 Å². The van der Waals surface area contributed by atoms with Crippen molar-refractivity contribution in [3.63, 3.8) is 0 Å². The number of rotatable bonds is 4. The Morgan fingerprint density at radius 2 is 1.15 bits per heavy atom. The highest BCUT2D eigenvalue weighted by Gasteiger charge is 2.17. The number of benzene rings is 2. The van der Waals surface area contributed by atoms with Crippen molar-refractivity contribution < 1.29 is 27.6 Å². The average Bonchev–Trinajstić information content (AvgIpc) is 2.83. The molecule has 2 aromatic carbocycles. The monoisotopic (exact) mass is 490 g/mol. The largest absolute Gasteiger partial charge is 0.493 e. The molecular weight excluding hydrogens is 471 g/mol. The van der Waals surface area contributed by atoms with E-state index in [-0.39, 0.29) is 0 Å². The minimum absolute atomic E-state index is 0.405. The van der Waals surface area contributed by atoms with Crippen molar-refractivity contribution >= 4 is 24.2 Å². The quantitative estimate of drug-likeness (QED) is 0.192. The lowest BCUT2D eigenvalue weighted by atomic mass is 9.81. The molecule has 0 unspecified atom stereocenters. The molecule has 4 aromatic rings. The van der Waals surface area contributed by atoms with Gasteiger partial charge in [0.15, 0.2) is 0 Å². The van der Waals surface area contributed by atoms with Crippen LogP contribution in [0.5, 0.6) is 0 Å². The summed E-state index contributed by atoms with van der Waals surface area (Å²) in [7, 11) is -1.96. The lowest BCUT2D eigenvalue weighted by molar-refractivity contribution is 0.420. The highest BCUT2D eigenvalue weighted by atomic mass is 35.5. The molecular formula is C24H20BClF4N2O2. The van der Waals surface area contributed by atoms with Crippen LogP contribution in [0.3, 0.4) is 0 Å². The van der Waals surface area contributed by atoms with E-state index < -0.39 is 36.4 Å². The van der Waals surface area contributed by atoms with Crippen LogP contribution in [-0.4, -0.2) is 27.1 Å². The van der Waals surface area contributed by atoms with Crippen LogP contribution in [-0.2, 0) is 12.3 Å². The molecule has 0 radical (unpaired) electrons. The number of nitrogens with zero attached hydrogens (tertiary/aromatic N) is 2. The zero-order valence-electron chi connectivity index (χ0n) is 17.8. The van der Waals surface area contributed by atoms with Crippen molar-refractivity contribution in [2.75, 3.05) is 0 Å². The van der Waals surface area contributed by atoms with Gasteiger partial charge in [-0.2, -0.15) is 27.5 Å². The Hall–Kier alpha value is -3.27. The molecule has 4 nitrogen and oxygen atoms in total. The van der Waals surface area contributed by atoms with Gasteiger partial charge in [-0.25, -0.2) is 0 Å². The van der Waals surface area contributed by atoms with Gasteiger partial charge in [0.05, 0.1) is 0 Å². The number of alkyl halides is 1. The minimum Gasteiger partial charge on any atom is -0.423 e. The van der Waals surface area contributed by atoms with E-state index in [2.05, 4.69) is 9.97 Å². The summed E-state index contributed by atoms with van der Waals surface area (Å²) in [6, 6.07) is 23.8. The third-order valence-electron chi connectivity index (χ3n) is 4.25. The second-order valence-corrected chi connectivity index (χ2v) is 7.02. The molecule has 0 saturated heterocycles. The van der Waals surface area contributed by atoms with Gasteiger partial charge in [0, 0.05) is 23.3 Å². The molecule has 2 heterocycles. The Bertz CT molecular complexity index is 1160. The minimum atomic E-state index is -1.96. The Balaban J connectivity index is 0.000000190. The van der Waals surface area contributed by atoms with Crippen LogP contribution in [0.4, 0.5) is 17.6 Å². The maximum atomic E-state index is 13.2. The van der Waals surface area contributed by atoms with Gasteiger partial charge in [-0.1, -0.05) is 66.7 Å². The fourth-order valence-corrected chi connectivity index (χ4v) is 2.75. The Kier molecular flexibility index (Phi) is 11.2. The van der Waals surface area contributed by atoms with E-state index in [0.29, 0.717) is 17.9 Å². The van der Waals surface area contributed by atoms with Gasteiger partial charge in [-0.3, -0.25) is 0 Å². The fraction of sp³-hybridized carbons (Fsp3) is 0.0833. The number of hydrogen-bond donors (Lipinski definition) is 2. The van der Waals surface area contributed by atoms with Crippen LogP contribution in [0.2, 0.25) is 0 Å². The summed E-state index contributed by atoms with van der Waals surface area (Å²) in [4.78, 5) is 5.88. The molecule has 0 amide bonds. The van der Waals surface area contributed by atoms with Crippen LogP contribution in [0.15, 0.2) is 84.9 Å². The van der Waals surface area contributed by atoms with Gasteiger partial charge in [0.1, 0.15) is 0 Å². The van der Waals surface area contributed by atoms with E-state index in [1.807, 2.05) is 60.7 Å². The van der Waals surface area contributed by atoms with Gasteiger partial charge < -0.3 is 10.0 Å². The van der Waals surface area contributed by atoms with Gasteiger partial charge in [-0.05, 0) is 29.3 Å². The van der Waals surface area contributed by atoms with Crippen LogP contribution in [0.25, 0.3) is 0 Å². The topological polar surface area (TPSA) is 66.2 Å². The SMILES string of the molecule is ClCc1ccccc1.Fc1ccc(Cc2ccccc2)c(F)n1.OB(O)c1ccc(F)nc1F. The fourth-order valence-electron chi connectivity index (χ4n) is 2.57. The first-order valence-corrected chi connectivity index (χ1v) is 10.5. The smallest absolute Gasteiger partial charge is 0.423 e. The molecule has 176 valence electrons. The number of halogens is 5. The first-order chi connectivity index (χ1) is 16.3. The zero-order valence-corrected chi connectivity index (χ0v) is 18.5. The lowest BCUT2D eigenvalue weighted by Gasteiger charge is -2.02. The highest BCUT2D eigenvalue weighted by Crippen LogP contribution is 2.12. The first kappa shape index (κ1) is 27.0. The van der Waals surface area contributed by atoms with Crippen molar-refractivity contribution in [3.8, 4) is 0 Å². The summed E-state index contributed by atoms with van der Waals surface area (Å²) in [6.45, 7) is 0. The van der Waals surface area contributed by atoms with E-state index in [1.165, 1.54) is 17.7 Å². The molecule has 4 rings (SSSR count). The van der Waals surface area contributed by atoms with E-state index in [4.69, 9.17) is 21.6 Å². The Morgan fingerprint density at radius 3 is 1.59 bits per heavy atom. The summed E-state index contributed by atoms with van der Waals surface area (Å²) >= 11 is 5.53. The predicted molar refractivity (Wildman–Crippen MR) is 123 cm³/mol. The average molecular weight is 491 g/mol. The molecule has 0 aliphatic rings. The molecule has 0 saturated carbocycles. The van der Waals surface area contributed by atoms with Crippen LogP contribution in [0.1, 0.15) is 16.7 Å². The second kappa shape index (κ2) is 14.1. The molecule has 2 aromatic heterocycles. The maximum Gasteiger partial charge on any atom is 0.493 e. The van der Waals surface area contributed by atoms with E-state index in [0.717, 1.165) is 17.7 Å². The van der Waals surface area contributed by atoms with Gasteiger partial charge in [-0.15, -0.1) is 11.6 Å². The van der Waals surface area contributed by atoms with Crippen LogP contribution in [0, 0.1) is 23.8 Å². The summed E-state index contributed by atoms with van der Waals surface area (Å²) in [6.07, 6.45) is 0.431. The summed E-state index contributed by atoms with van der Waals surface area (Å²) < 4.78 is 50.2. The maximum absolute atomic E-state index is 13.2. The summed E-state index contributed by atoms with van der Waals surface area (Å²) in [5.74, 6) is -3.11. The highest BCUT2D eigenvalue weighted by molar-refractivity contribution is 6.58. The van der Waals surface area contributed by atoms with Crippen molar-refractivity contribution in [2.45, 2.75) is 12.3 Å². The molecule has 0 fully saturated rings. The van der Waals surface area contributed by atoms with Gasteiger partial charge in [0.2, 0.25) is 23.8 Å². The van der Waals surface area contributed by atoms with Crippen molar-refractivity contribution in [3.05, 3.63) is 125 Å². The molecule has 0 bridgehead atoms. The third kappa shape index (κ3) is 9.31. The third-order valence-corrected chi connectivity index (χ3v) is 4.56. The standard InChI is InChI=1S/C12H9F2N.C7H7Cl.C5H4BF2NO2/c13-11-7-6-10(12(14)15-11)8-9-4-2-1-3-5-9;8-6-7-4-2-1-3-5-7;7-4-2-1-3(6(10)11)5(8)9-4/h1-7H,8H2;1-5H,6H2;1-2,10-11H. The van der Waals surface area contributed by atoms with Gasteiger partial charge >= 0.3 is 7.12 Å². The Labute approximate surface area is 199 Å². The zero-order chi connectivity index (χ0) is 24.9. The van der Waals surface area contributed by atoms with Crippen molar-refractivity contribution in [2.24, 2.45) is 0 Å². The predicted octanol–water partition coefficient (Wildman–Crippen LogP) is 4.42. The van der Waals surface area contributed by atoms with E-state index >= 15 is 0 Å². The van der Waals surface area contributed by atoms with Crippen LogP contribution < -0.4 is 5.46 Å². The van der Waals surface area contributed by atoms with Crippen molar-refractivity contribution in [1.82, 2.24) is 9.97 Å². The second-order valence-electron chi connectivity index (χ2n) is 6.75. The normalized spacial score (nSPS) is 9.85.